The first-order valence-electron chi connectivity index (χ1n) is 7.09. The fourth-order valence-electron chi connectivity index (χ4n) is 1.81. The third-order valence-electron chi connectivity index (χ3n) is 2.94. The average Bonchev–Trinajstić information content (AvgIpc) is 2.57. The van der Waals surface area contributed by atoms with Crippen molar-refractivity contribution < 1.29 is 9.47 Å². The van der Waals surface area contributed by atoms with E-state index >= 15 is 0 Å². The van der Waals surface area contributed by atoms with Gasteiger partial charge in [0.25, 0.3) is 0 Å². The smallest absolute Gasteiger partial charge is 0.191 e. The Labute approximate surface area is 137 Å². The van der Waals surface area contributed by atoms with Crippen LogP contribution in [0.25, 0.3) is 0 Å². The van der Waals surface area contributed by atoms with Gasteiger partial charge in [0, 0.05) is 43.3 Å². The van der Waals surface area contributed by atoms with E-state index in [2.05, 4.69) is 22.2 Å². The SMILES string of the molecule is C=CCSCCNC(=NC)NCc1ccc(OC)cc1OC. The molecule has 6 heteroatoms. The first-order valence-corrected chi connectivity index (χ1v) is 8.24. The molecule has 0 atom stereocenters. The summed E-state index contributed by atoms with van der Waals surface area (Å²) in [5, 5.41) is 6.55. The Hall–Kier alpha value is -1.82. The van der Waals surface area contributed by atoms with Gasteiger partial charge in [0.15, 0.2) is 5.96 Å². The topological polar surface area (TPSA) is 54.9 Å². The Kier molecular flexibility index (Phi) is 8.98. The maximum absolute atomic E-state index is 5.39. The normalized spacial score (nSPS) is 11.0. The van der Waals surface area contributed by atoms with Crippen molar-refractivity contribution in [3.05, 3.63) is 36.4 Å². The Morgan fingerprint density at radius 3 is 2.77 bits per heavy atom. The van der Waals surface area contributed by atoms with Gasteiger partial charge in [0.2, 0.25) is 0 Å². The molecule has 0 unspecified atom stereocenters. The Balaban J connectivity index is 2.47. The van der Waals surface area contributed by atoms with Crippen LogP contribution < -0.4 is 20.1 Å². The molecule has 0 amide bonds. The van der Waals surface area contributed by atoms with Crippen molar-refractivity contribution >= 4 is 17.7 Å². The second-order valence-corrected chi connectivity index (χ2v) is 5.54. The zero-order valence-corrected chi connectivity index (χ0v) is 14.3. The fourth-order valence-corrected chi connectivity index (χ4v) is 2.39. The molecule has 1 aromatic rings. The lowest BCUT2D eigenvalue weighted by atomic mass is 10.2. The van der Waals surface area contributed by atoms with Crippen LogP contribution >= 0.6 is 11.8 Å². The predicted molar refractivity (Wildman–Crippen MR) is 95.3 cm³/mol. The van der Waals surface area contributed by atoms with Gasteiger partial charge in [-0.25, -0.2) is 0 Å². The van der Waals surface area contributed by atoms with E-state index in [4.69, 9.17) is 9.47 Å². The molecule has 0 fully saturated rings. The molecule has 0 saturated carbocycles. The van der Waals surface area contributed by atoms with Crippen LogP contribution in [0.5, 0.6) is 11.5 Å². The summed E-state index contributed by atoms with van der Waals surface area (Å²) in [5.41, 5.74) is 1.05. The first kappa shape index (κ1) is 18.2. The molecule has 0 bridgehead atoms. The van der Waals surface area contributed by atoms with Crippen molar-refractivity contribution in [3.63, 3.8) is 0 Å². The summed E-state index contributed by atoms with van der Waals surface area (Å²) in [6.07, 6.45) is 1.91. The largest absolute Gasteiger partial charge is 0.497 e. The number of methoxy groups -OCH3 is 2. The Morgan fingerprint density at radius 2 is 2.14 bits per heavy atom. The van der Waals surface area contributed by atoms with Crippen molar-refractivity contribution in [2.45, 2.75) is 6.54 Å². The summed E-state index contributed by atoms with van der Waals surface area (Å²) in [6.45, 7) is 5.19. The van der Waals surface area contributed by atoms with Gasteiger partial charge in [0.1, 0.15) is 11.5 Å². The lowest BCUT2D eigenvalue weighted by Crippen LogP contribution is -2.38. The number of thioether (sulfide) groups is 1. The summed E-state index contributed by atoms with van der Waals surface area (Å²) < 4.78 is 10.6. The maximum atomic E-state index is 5.39. The number of hydrogen-bond donors (Lipinski definition) is 2. The molecule has 0 spiro atoms. The van der Waals surface area contributed by atoms with E-state index in [1.54, 1.807) is 21.3 Å². The van der Waals surface area contributed by atoms with Crippen LogP contribution in [0.1, 0.15) is 5.56 Å². The minimum atomic E-state index is 0.632. The molecule has 122 valence electrons. The molecule has 1 rings (SSSR count). The number of nitrogens with one attached hydrogen (secondary N) is 2. The Morgan fingerprint density at radius 1 is 1.32 bits per heavy atom. The summed E-state index contributed by atoms with van der Waals surface area (Å²) >= 11 is 1.83. The van der Waals surface area contributed by atoms with Crippen LogP contribution in [-0.4, -0.2) is 45.3 Å². The van der Waals surface area contributed by atoms with Gasteiger partial charge in [-0.3, -0.25) is 4.99 Å². The Bertz CT molecular complexity index is 492. The molecule has 0 aliphatic carbocycles. The minimum Gasteiger partial charge on any atom is -0.497 e. The summed E-state index contributed by atoms with van der Waals surface area (Å²) in [4.78, 5) is 4.21. The lowest BCUT2D eigenvalue weighted by Gasteiger charge is -2.14. The molecule has 1 aromatic carbocycles. The molecule has 0 heterocycles. The van der Waals surface area contributed by atoms with Crippen molar-refractivity contribution in [1.29, 1.82) is 0 Å². The van der Waals surface area contributed by atoms with Crippen LogP contribution in [0.15, 0.2) is 35.8 Å². The number of guanidine groups is 1. The number of rotatable bonds is 9. The summed E-state index contributed by atoms with van der Waals surface area (Å²) in [6, 6.07) is 5.78. The third-order valence-corrected chi connectivity index (χ3v) is 3.90. The van der Waals surface area contributed by atoms with Crippen molar-refractivity contribution in [1.82, 2.24) is 10.6 Å². The van der Waals surface area contributed by atoms with Gasteiger partial charge in [-0.1, -0.05) is 6.08 Å². The molecule has 0 aromatic heterocycles. The van der Waals surface area contributed by atoms with Gasteiger partial charge >= 0.3 is 0 Å². The fraction of sp³-hybridized carbons (Fsp3) is 0.438. The quantitative estimate of drug-likeness (QED) is 0.316. The number of benzene rings is 1. The van der Waals surface area contributed by atoms with Gasteiger partial charge < -0.3 is 20.1 Å². The highest BCUT2D eigenvalue weighted by molar-refractivity contribution is 7.99. The highest BCUT2D eigenvalue weighted by Crippen LogP contribution is 2.24. The van der Waals surface area contributed by atoms with Crippen LogP contribution in [-0.2, 0) is 6.54 Å². The van der Waals surface area contributed by atoms with E-state index in [0.29, 0.717) is 6.54 Å². The molecule has 22 heavy (non-hydrogen) atoms. The predicted octanol–water partition coefficient (Wildman–Crippen LogP) is 2.29. The van der Waals surface area contributed by atoms with E-state index in [1.165, 1.54) is 0 Å². The molecule has 5 nitrogen and oxygen atoms in total. The highest BCUT2D eigenvalue weighted by Gasteiger charge is 2.06. The number of nitrogens with zero attached hydrogens (tertiary/aromatic N) is 1. The molecule has 0 aliphatic heterocycles. The molecule has 0 saturated heterocycles. The lowest BCUT2D eigenvalue weighted by molar-refractivity contribution is 0.390. The van der Waals surface area contributed by atoms with E-state index in [-0.39, 0.29) is 0 Å². The molecular formula is C16H25N3O2S. The van der Waals surface area contributed by atoms with E-state index in [0.717, 1.165) is 41.1 Å². The maximum Gasteiger partial charge on any atom is 0.191 e. The van der Waals surface area contributed by atoms with Crippen LogP contribution in [0.3, 0.4) is 0 Å². The van der Waals surface area contributed by atoms with Crippen LogP contribution in [0, 0.1) is 0 Å². The average molecular weight is 323 g/mol. The minimum absolute atomic E-state index is 0.632. The van der Waals surface area contributed by atoms with Gasteiger partial charge in [0.05, 0.1) is 14.2 Å². The van der Waals surface area contributed by atoms with E-state index < -0.39 is 0 Å². The molecular weight excluding hydrogens is 298 g/mol. The summed E-state index contributed by atoms with van der Waals surface area (Å²) in [7, 11) is 5.06. The second kappa shape index (κ2) is 10.8. The summed E-state index contributed by atoms with van der Waals surface area (Å²) in [5.74, 6) is 4.33. The van der Waals surface area contributed by atoms with Crippen molar-refractivity contribution in [2.24, 2.45) is 4.99 Å². The standard InChI is InChI=1S/C16H25N3O2S/c1-5-9-22-10-8-18-16(17-2)19-12-13-6-7-14(20-3)11-15(13)21-4/h5-7,11H,1,8-10,12H2,2-4H3,(H2,17,18,19). The second-order valence-electron chi connectivity index (χ2n) is 4.39. The monoisotopic (exact) mass is 323 g/mol. The highest BCUT2D eigenvalue weighted by atomic mass is 32.2. The number of aliphatic imine (C=N–C) groups is 1. The third kappa shape index (κ3) is 6.30. The van der Waals surface area contributed by atoms with Crippen molar-refractivity contribution in [3.8, 4) is 11.5 Å². The van der Waals surface area contributed by atoms with Crippen LogP contribution in [0.4, 0.5) is 0 Å². The van der Waals surface area contributed by atoms with Gasteiger partial charge in [-0.2, -0.15) is 11.8 Å². The van der Waals surface area contributed by atoms with Gasteiger partial charge in [-0.05, 0) is 12.1 Å². The molecule has 2 N–H and O–H groups in total. The number of hydrogen-bond acceptors (Lipinski definition) is 4. The first-order chi connectivity index (χ1) is 10.7. The van der Waals surface area contributed by atoms with Crippen molar-refractivity contribution in [2.75, 3.05) is 39.3 Å². The molecule has 0 radical (unpaired) electrons. The molecule has 0 aliphatic rings. The zero-order chi connectivity index (χ0) is 16.2. The zero-order valence-electron chi connectivity index (χ0n) is 13.5. The van der Waals surface area contributed by atoms with Gasteiger partial charge in [-0.15, -0.1) is 6.58 Å². The van der Waals surface area contributed by atoms with Crippen LogP contribution in [0.2, 0.25) is 0 Å². The van der Waals surface area contributed by atoms with E-state index in [9.17, 15) is 0 Å². The number of ether oxygens (including phenoxy) is 2. The van der Waals surface area contributed by atoms with E-state index in [1.807, 2.05) is 36.0 Å².